The molecule has 3 nitrogen and oxygen atoms in total. The standard InChI is InChI=1S/C13H16BrN3/c1-4-17-9(3)16-12(13(17)15)10-5-6-11(14)8(2)7-10/h5-7H,4,15H2,1-3H3. The fraction of sp³-hybridized carbons (Fsp3) is 0.308. The van der Waals surface area contributed by atoms with E-state index in [1.165, 1.54) is 5.56 Å². The van der Waals surface area contributed by atoms with Crippen LogP contribution in [0.5, 0.6) is 0 Å². The molecule has 2 aromatic rings. The zero-order chi connectivity index (χ0) is 12.6. The molecular weight excluding hydrogens is 278 g/mol. The minimum absolute atomic E-state index is 0.742. The highest BCUT2D eigenvalue weighted by atomic mass is 79.9. The molecule has 1 heterocycles. The Balaban J connectivity index is 2.57. The molecule has 0 spiro atoms. The molecular formula is C13H16BrN3. The second kappa shape index (κ2) is 4.53. The first-order chi connectivity index (χ1) is 8.04. The van der Waals surface area contributed by atoms with Gasteiger partial charge < -0.3 is 10.3 Å². The molecule has 1 aromatic carbocycles. The van der Waals surface area contributed by atoms with Gasteiger partial charge in [-0.05, 0) is 38.5 Å². The zero-order valence-electron chi connectivity index (χ0n) is 10.3. The monoisotopic (exact) mass is 293 g/mol. The third-order valence-corrected chi connectivity index (χ3v) is 3.84. The third kappa shape index (κ3) is 2.09. The molecule has 1 aromatic heterocycles. The first-order valence-corrected chi connectivity index (χ1v) is 6.43. The maximum atomic E-state index is 6.12. The van der Waals surface area contributed by atoms with Crippen LogP contribution in [0.1, 0.15) is 18.3 Å². The summed E-state index contributed by atoms with van der Waals surface area (Å²) in [7, 11) is 0. The van der Waals surface area contributed by atoms with Crippen LogP contribution in [0.3, 0.4) is 0 Å². The number of anilines is 1. The van der Waals surface area contributed by atoms with Gasteiger partial charge in [0.2, 0.25) is 0 Å². The van der Waals surface area contributed by atoms with Crippen molar-refractivity contribution in [3.8, 4) is 11.3 Å². The van der Waals surface area contributed by atoms with Gasteiger partial charge in [0, 0.05) is 16.6 Å². The Labute approximate surface area is 110 Å². The number of halogens is 1. The average molecular weight is 294 g/mol. The Morgan fingerprint density at radius 2 is 2.06 bits per heavy atom. The Morgan fingerprint density at radius 3 is 2.59 bits per heavy atom. The molecule has 0 bridgehead atoms. The van der Waals surface area contributed by atoms with E-state index >= 15 is 0 Å². The zero-order valence-corrected chi connectivity index (χ0v) is 11.9. The van der Waals surface area contributed by atoms with Crippen LogP contribution in [0, 0.1) is 13.8 Å². The van der Waals surface area contributed by atoms with Crippen molar-refractivity contribution in [1.29, 1.82) is 0 Å². The van der Waals surface area contributed by atoms with Gasteiger partial charge in [-0.2, -0.15) is 0 Å². The smallest absolute Gasteiger partial charge is 0.131 e. The van der Waals surface area contributed by atoms with E-state index in [0.717, 1.165) is 33.9 Å². The molecule has 0 radical (unpaired) electrons. The van der Waals surface area contributed by atoms with Gasteiger partial charge in [-0.15, -0.1) is 0 Å². The molecule has 0 aliphatic rings. The van der Waals surface area contributed by atoms with Crippen LogP contribution in [0.25, 0.3) is 11.3 Å². The summed E-state index contributed by atoms with van der Waals surface area (Å²) in [5, 5.41) is 0. The molecule has 90 valence electrons. The lowest BCUT2D eigenvalue weighted by Gasteiger charge is -2.05. The maximum absolute atomic E-state index is 6.12. The molecule has 0 aliphatic heterocycles. The van der Waals surface area contributed by atoms with E-state index < -0.39 is 0 Å². The number of hydrogen-bond donors (Lipinski definition) is 1. The Bertz CT molecular complexity index is 558. The van der Waals surface area contributed by atoms with Gasteiger partial charge >= 0.3 is 0 Å². The quantitative estimate of drug-likeness (QED) is 0.920. The predicted molar refractivity (Wildman–Crippen MR) is 74.9 cm³/mol. The summed E-state index contributed by atoms with van der Waals surface area (Å²) in [6, 6.07) is 6.17. The topological polar surface area (TPSA) is 43.8 Å². The number of nitrogen functional groups attached to an aromatic ring is 1. The number of benzene rings is 1. The largest absolute Gasteiger partial charge is 0.383 e. The second-order valence-corrected chi connectivity index (χ2v) is 4.96. The Morgan fingerprint density at radius 1 is 1.35 bits per heavy atom. The van der Waals surface area contributed by atoms with Crippen molar-refractivity contribution in [3.63, 3.8) is 0 Å². The third-order valence-electron chi connectivity index (χ3n) is 2.95. The van der Waals surface area contributed by atoms with Crippen molar-refractivity contribution < 1.29 is 0 Å². The van der Waals surface area contributed by atoms with Crippen LogP contribution in [-0.4, -0.2) is 9.55 Å². The fourth-order valence-electron chi connectivity index (χ4n) is 1.99. The molecule has 2 rings (SSSR count). The molecule has 0 amide bonds. The van der Waals surface area contributed by atoms with Gasteiger partial charge in [-0.3, -0.25) is 0 Å². The van der Waals surface area contributed by atoms with Gasteiger partial charge in [0.05, 0.1) is 0 Å². The van der Waals surface area contributed by atoms with E-state index in [4.69, 9.17) is 5.73 Å². The van der Waals surface area contributed by atoms with E-state index in [0.29, 0.717) is 0 Å². The van der Waals surface area contributed by atoms with E-state index in [1.54, 1.807) is 0 Å². The lowest BCUT2D eigenvalue weighted by atomic mass is 10.1. The minimum atomic E-state index is 0.742. The van der Waals surface area contributed by atoms with E-state index in [-0.39, 0.29) is 0 Å². The van der Waals surface area contributed by atoms with E-state index in [1.807, 2.05) is 23.6 Å². The summed E-state index contributed by atoms with van der Waals surface area (Å²) in [6.45, 7) is 6.96. The van der Waals surface area contributed by atoms with Crippen LogP contribution in [0.2, 0.25) is 0 Å². The van der Waals surface area contributed by atoms with Crippen LogP contribution < -0.4 is 5.73 Å². The molecule has 0 unspecified atom stereocenters. The predicted octanol–water partition coefficient (Wildman–Crippen LogP) is 3.53. The molecule has 0 saturated carbocycles. The number of imidazole rings is 1. The number of nitrogens with two attached hydrogens (primary N) is 1. The minimum Gasteiger partial charge on any atom is -0.383 e. The molecule has 17 heavy (non-hydrogen) atoms. The summed E-state index contributed by atoms with van der Waals surface area (Å²) in [4.78, 5) is 4.54. The average Bonchev–Trinajstić information content (AvgIpc) is 2.58. The van der Waals surface area contributed by atoms with Crippen molar-refractivity contribution in [1.82, 2.24) is 9.55 Å². The number of aromatic nitrogens is 2. The highest BCUT2D eigenvalue weighted by Gasteiger charge is 2.12. The van der Waals surface area contributed by atoms with Crippen molar-refractivity contribution in [2.24, 2.45) is 0 Å². The lowest BCUT2D eigenvalue weighted by Crippen LogP contribution is -2.02. The van der Waals surface area contributed by atoms with Gasteiger partial charge in [0.25, 0.3) is 0 Å². The van der Waals surface area contributed by atoms with Crippen LogP contribution >= 0.6 is 15.9 Å². The molecule has 0 aliphatic carbocycles. The molecule has 4 heteroatoms. The fourth-order valence-corrected chi connectivity index (χ4v) is 2.23. The molecule has 0 atom stereocenters. The summed E-state index contributed by atoms with van der Waals surface area (Å²) < 4.78 is 3.12. The number of hydrogen-bond acceptors (Lipinski definition) is 2. The summed E-state index contributed by atoms with van der Waals surface area (Å²) in [5.41, 5.74) is 9.25. The normalized spacial score (nSPS) is 10.8. The van der Waals surface area contributed by atoms with Gasteiger partial charge in [0.15, 0.2) is 0 Å². The van der Waals surface area contributed by atoms with Crippen LogP contribution in [-0.2, 0) is 6.54 Å². The Hall–Kier alpha value is -1.29. The highest BCUT2D eigenvalue weighted by Crippen LogP contribution is 2.29. The Kier molecular flexibility index (Phi) is 3.24. The first-order valence-electron chi connectivity index (χ1n) is 5.63. The van der Waals surface area contributed by atoms with E-state index in [2.05, 4.69) is 40.8 Å². The SMILES string of the molecule is CCn1c(C)nc(-c2ccc(Br)c(C)c2)c1N. The van der Waals surface area contributed by atoms with Crippen molar-refractivity contribution in [3.05, 3.63) is 34.1 Å². The van der Waals surface area contributed by atoms with Crippen LogP contribution in [0.15, 0.2) is 22.7 Å². The number of rotatable bonds is 2. The van der Waals surface area contributed by atoms with Crippen molar-refractivity contribution in [2.45, 2.75) is 27.3 Å². The highest BCUT2D eigenvalue weighted by molar-refractivity contribution is 9.10. The molecule has 0 saturated heterocycles. The van der Waals surface area contributed by atoms with Crippen LogP contribution in [0.4, 0.5) is 5.82 Å². The van der Waals surface area contributed by atoms with E-state index in [9.17, 15) is 0 Å². The maximum Gasteiger partial charge on any atom is 0.131 e. The lowest BCUT2D eigenvalue weighted by molar-refractivity contribution is 0.739. The summed E-state index contributed by atoms with van der Waals surface area (Å²) in [6.07, 6.45) is 0. The van der Waals surface area contributed by atoms with Gasteiger partial charge in [-0.1, -0.05) is 22.0 Å². The second-order valence-electron chi connectivity index (χ2n) is 4.10. The number of nitrogens with zero attached hydrogens (tertiary/aromatic N) is 2. The first kappa shape index (κ1) is 12.2. The van der Waals surface area contributed by atoms with Crippen molar-refractivity contribution in [2.75, 3.05) is 5.73 Å². The summed E-state index contributed by atoms with van der Waals surface area (Å²) >= 11 is 3.50. The van der Waals surface area contributed by atoms with Crippen molar-refractivity contribution >= 4 is 21.7 Å². The van der Waals surface area contributed by atoms with Gasteiger partial charge in [-0.25, -0.2) is 4.98 Å². The molecule has 2 N–H and O–H groups in total. The van der Waals surface area contributed by atoms with Gasteiger partial charge in [0.1, 0.15) is 17.3 Å². The number of aryl methyl sites for hydroxylation is 2. The molecule has 0 fully saturated rings. The summed E-state index contributed by atoms with van der Waals surface area (Å²) in [5.74, 6) is 1.70.